The molecule has 0 bridgehead atoms. The van der Waals surface area contributed by atoms with Crippen molar-refractivity contribution in [2.45, 2.75) is 6.54 Å². The van der Waals surface area contributed by atoms with Gasteiger partial charge < -0.3 is 19.9 Å². The molecule has 1 aliphatic rings. The zero-order chi connectivity index (χ0) is 18.4. The maximum atomic E-state index is 13.1. The van der Waals surface area contributed by atoms with Gasteiger partial charge in [0.15, 0.2) is 5.96 Å². The summed E-state index contributed by atoms with van der Waals surface area (Å²) in [7, 11) is 3.40. The molecule has 2 aromatic rings. The third-order valence-corrected chi connectivity index (χ3v) is 4.44. The molecule has 0 amide bonds. The van der Waals surface area contributed by atoms with Gasteiger partial charge in [0.25, 0.3) is 0 Å². The zero-order valence-corrected chi connectivity index (χ0v) is 17.9. The number of aromatic nitrogens is 1. The summed E-state index contributed by atoms with van der Waals surface area (Å²) in [6.07, 6.45) is 1.74. The molecule has 8 heteroatoms. The van der Waals surface area contributed by atoms with E-state index in [-0.39, 0.29) is 29.8 Å². The molecule has 2 heterocycles. The quantitative estimate of drug-likeness (QED) is 0.410. The number of rotatable bonds is 4. The highest BCUT2D eigenvalue weighted by atomic mass is 127. The number of hydrogen-bond acceptors (Lipinski definition) is 4. The smallest absolute Gasteiger partial charge is 0.213 e. The molecule has 0 aliphatic carbocycles. The van der Waals surface area contributed by atoms with Gasteiger partial charge in [0.2, 0.25) is 5.88 Å². The number of benzene rings is 1. The number of methoxy groups -OCH3 is 1. The highest BCUT2D eigenvalue weighted by Crippen LogP contribution is 2.17. The first-order valence-corrected chi connectivity index (χ1v) is 8.64. The van der Waals surface area contributed by atoms with Crippen molar-refractivity contribution in [3.8, 4) is 5.88 Å². The minimum Gasteiger partial charge on any atom is -0.481 e. The number of nitrogens with zero attached hydrogens (tertiary/aromatic N) is 4. The van der Waals surface area contributed by atoms with Crippen molar-refractivity contribution in [1.82, 2.24) is 15.2 Å². The summed E-state index contributed by atoms with van der Waals surface area (Å²) in [6, 6.07) is 10.5. The highest BCUT2D eigenvalue weighted by Gasteiger charge is 2.19. The van der Waals surface area contributed by atoms with E-state index >= 15 is 0 Å². The number of anilines is 1. The van der Waals surface area contributed by atoms with Crippen LogP contribution in [0.4, 0.5) is 10.1 Å². The molecule has 0 atom stereocenters. The third-order valence-electron chi connectivity index (χ3n) is 4.44. The molecule has 1 saturated heterocycles. The van der Waals surface area contributed by atoms with Crippen LogP contribution in [0.5, 0.6) is 5.88 Å². The van der Waals surface area contributed by atoms with Crippen LogP contribution in [0, 0.1) is 5.82 Å². The number of ether oxygens (including phenoxy) is 1. The predicted octanol–water partition coefficient (Wildman–Crippen LogP) is 2.74. The maximum Gasteiger partial charge on any atom is 0.213 e. The lowest BCUT2D eigenvalue weighted by Gasteiger charge is -2.37. The second-order valence-electron chi connectivity index (χ2n) is 6.06. The van der Waals surface area contributed by atoms with E-state index in [2.05, 4.69) is 25.1 Å². The Bertz CT molecular complexity index is 748. The lowest BCUT2D eigenvalue weighted by Crippen LogP contribution is -2.52. The monoisotopic (exact) mass is 485 g/mol. The fourth-order valence-corrected chi connectivity index (χ4v) is 3.01. The average Bonchev–Trinajstić information content (AvgIpc) is 2.70. The molecule has 0 radical (unpaired) electrons. The number of piperazine rings is 1. The van der Waals surface area contributed by atoms with Crippen molar-refractivity contribution >= 4 is 35.6 Å². The van der Waals surface area contributed by atoms with Gasteiger partial charge in [-0.25, -0.2) is 9.37 Å². The molecule has 1 aromatic heterocycles. The van der Waals surface area contributed by atoms with E-state index in [1.807, 2.05) is 24.3 Å². The van der Waals surface area contributed by atoms with Gasteiger partial charge in [-0.1, -0.05) is 0 Å². The fourth-order valence-electron chi connectivity index (χ4n) is 3.01. The molecule has 1 aromatic carbocycles. The van der Waals surface area contributed by atoms with Crippen LogP contribution in [0.25, 0.3) is 0 Å². The minimum absolute atomic E-state index is 0. The molecule has 27 heavy (non-hydrogen) atoms. The molecular weight excluding hydrogens is 460 g/mol. The predicted molar refractivity (Wildman–Crippen MR) is 117 cm³/mol. The van der Waals surface area contributed by atoms with Gasteiger partial charge in [-0.15, -0.1) is 24.0 Å². The van der Waals surface area contributed by atoms with Crippen LogP contribution in [0.3, 0.4) is 0 Å². The number of hydrogen-bond donors (Lipinski definition) is 1. The van der Waals surface area contributed by atoms with Crippen LogP contribution in [-0.4, -0.2) is 56.2 Å². The first-order valence-electron chi connectivity index (χ1n) is 8.64. The number of halogens is 2. The lowest BCUT2D eigenvalue weighted by molar-refractivity contribution is 0.372. The highest BCUT2D eigenvalue weighted by molar-refractivity contribution is 14.0. The van der Waals surface area contributed by atoms with E-state index < -0.39 is 0 Å². The standard InChI is InChI=1S/C19H24FN5O.HI/c1-21-19(23-14-15-7-8-22-18(13-15)26-2)25-11-9-24(10-12-25)17-5-3-16(20)4-6-17;/h3-8,13H,9-12,14H2,1-2H3,(H,21,23);1H. The Morgan fingerprint density at radius 2 is 1.89 bits per heavy atom. The minimum atomic E-state index is -0.204. The second kappa shape index (κ2) is 10.3. The number of aliphatic imine (C=N–C) groups is 1. The Hall–Kier alpha value is -2.10. The van der Waals surface area contributed by atoms with E-state index in [0.717, 1.165) is 43.4 Å². The molecule has 146 valence electrons. The van der Waals surface area contributed by atoms with Gasteiger partial charge in [0.05, 0.1) is 7.11 Å². The average molecular weight is 485 g/mol. The van der Waals surface area contributed by atoms with Crippen LogP contribution in [0.1, 0.15) is 5.56 Å². The molecule has 1 N–H and O–H groups in total. The topological polar surface area (TPSA) is 53.0 Å². The Kier molecular flexibility index (Phi) is 8.08. The third kappa shape index (κ3) is 5.69. The lowest BCUT2D eigenvalue weighted by atomic mass is 10.2. The molecule has 1 aliphatic heterocycles. The van der Waals surface area contributed by atoms with Crippen LogP contribution >= 0.6 is 24.0 Å². The summed E-state index contributed by atoms with van der Waals surface area (Å²) in [4.78, 5) is 13.0. The van der Waals surface area contributed by atoms with Gasteiger partial charge in [-0.2, -0.15) is 0 Å². The SMILES string of the molecule is CN=C(NCc1ccnc(OC)c1)N1CCN(c2ccc(F)cc2)CC1.I. The zero-order valence-electron chi connectivity index (χ0n) is 15.6. The van der Waals surface area contributed by atoms with E-state index in [4.69, 9.17) is 4.74 Å². The van der Waals surface area contributed by atoms with Gasteiger partial charge in [0.1, 0.15) is 5.82 Å². The molecular formula is C19H25FIN5O. The summed E-state index contributed by atoms with van der Waals surface area (Å²) in [5, 5.41) is 3.39. The van der Waals surface area contributed by atoms with Gasteiger partial charge in [0, 0.05) is 57.7 Å². The van der Waals surface area contributed by atoms with Crippen LogP contribution < -0.4 is 15.0 Å². The Labute approximate surface area is 176 Å². The maximum absolute atomic E-state index is 13.1. The Morgan fingerprint density at radius 3 is 2.52 bits per heavy atom. The Balaban J connectivity index is 0.00000261. The van der Waals surface area contributed by atoms with Crippen molar-refractivity contribution < 1.29 is 9.13 Å². The summed E-state index contributed by atoms with van der Waals surface area (Å²) < 4.78 is 18.2. The molecule has 0 unspecified atom stereocenters. The van der Waals surface area contributed by atoms with E-state index in [1.165, 1.54) is 12.1 Å². The Morgan fingerprint density at radius 1 is 1.19 bits per heavy atom. The van der Waals surface area contributed by atoms with Crippen molar-refractivity contribution in [2.24, 2.45) is 4.99 Å². The van der Waals surface area contributed by atoms with Crippen LogP contribution in [0.15, 0.2) is 47.6 Å². The summed E-state index contributed by atoms with van der Waals surface area (Å²) >= 11 is 0. The summed E-state index contributed by atoms with van der Waals surface area (Å²) in [5.74, 6) is 1.27. The molecule has 6 nitrogen and oxygen atoms in total. The summed E-state index contributed by atoms with van der Waals surface area (Å²) in [6.45, 7) is 4.11. The fraction of sp³-hybridized carbons (Fsp3) is 0.368. The van der Waals surface area contributed by atoms with Crippen molar-refractivity contribution in [3.05, 3.63) is 54.0 Å². The number of guanidine groups is 1. The van der Waals surface area contributed by atoms with E-state index in [9.17, 15) is 4.39 Å². The normalized spacial score (nSPS) is 14.6. The molecule has 1 fully saturated rings. The number of nitrogens with one attached hydrogen (secondary N) is 1. The van der Waals surface area contributed by atoms with Crippen molar-refractivity contribution in [2.75, 3.05) is 45.2 Å². The van der Waals surface area contributed by atoms with Gasteiger partial charge in [-0.3, -0.25) is 4.99 Å². The van der Waals surface area contributed by atoms with E-state index in [1.54, 1.807) is 20.4 Å². The van der Waals surface area contributed by atoms with Crippen molar-refractivity contribution in [3.63, 3.8) is 0 Å². The van der Waals surface area contributed by atoms with Gasteiger partial charge >= 0.3 is 0 Å². The van der Waals surface area contributed by atoms with Crippen molar-refractivity contribution in [1.29, 1.82) is 0 Å². The summed E-state index contributed by atoms with van der Waals surface area (Å²) in [5.41, 5.74) is 2.14. The molecule has 0 spiro atoms. The van der Waals surface area contributed by atoms with Gasteiger partial charge in [-0.05, 0) is 35.9 Å². The second-order valence-corrected chi connectivity index (χ2v) is 6.06. The van der Waals surface area contributed by atoms with Crippen LogP contribution in [0.2, 0.25) is 0 Å². The number of pyridine rings is 1. The van der Waals surface area contributed by atoms with E-state index in [0.29, 0.717) is 12.4 Å². The largest absolute Gasteiger partial charge is 0.481 e. The van der Waals surface area contributed by atoms with Crippen LogP contribution in [-0.2, 0) is 6.54 Å². The molecule has 3 rings (SSSR count). The first kappa shape index (κ1) is 21.2. The molecule has 0 saturated carbocycles. The first-order chi connectivity index (χ1) is 12.7.